The van der Waals surface area contributed by atoms with Crippen LogP contribution in [0.1, 0.15) is 5.82 Å². The normalized spacial score (nSPS) is 10.6. The first-order chi connectivity index (χ1) is 9.24. The zero-order valence-corrected chi connectivity index (χ0v) is 10.2. The van der Waals surface area contributed by atoms with Crippen molar-refractivity contribution < 1.29 is 0 Å². The molecule has 0 aliphatic rings. The lowest BCUT2D eigenvalue weighted by molar-refractivity contribution is 0.881. The fourth-order valence-corrected chi connectivity index (χ4v) is 1.81. The molecule has 3 N–H and O–H groups in total. The summed E-state index contributed by atoms with van der Waals surface area (Å²) in [6, 6.07) is 5.52. The second-order valence-corrected chi connectivity index (χ2v) is 4.06. The van der Waals surface area contributed by atoms with Crippen molar-refractivity contribution in [1.29, 1.82) is 0 Å². The number of nitrogens with zero attached hydrogens (tertiary/aromatic N) is 5. The van der Waals surface area contributed by atoms with E-state index >= 15 is 0 Å². The predicted molar refractivity (Wildman–Crippen MR) is 69.8 cm³/mol. The van der Waals surface area contributed by atoms with Crippen LogP contribution < -0.4 is 5.73 Å². The van der Waals surface area contributed by atoms with Gasteiger partial charge in [0.15, 0.2) is 0 Å². The molecular formula is C12H11N7. The molecule has 3 rings (SSSR count). The van der Waals surface area contributed by atoms with Crippen LogP contribution in [0.25, 0.3) is 22.5 Å². The lowest BCUT2D eigenvalue weighted by Gasteiger charge is -2.07. The maximum atomic E-state index is 5.82. The maximum absolute atomic E-state index is 5.82. The van der Waals surface area contributed by atoms with Gasteiger partial charge in [-0.3, -0.25) is 0 Å². The summed E-state index contributed by atoms with van der Waals surface area (Å²) < 4.78 is 0. The van der Waals surface area contributed by atoms with Gasteiger partial charge in [-0.05, 0) is 29.8 Å². The van der Waals surface area contributed by atoms with E-state index in [1.807, 2.05) is 19.1 Å². The highest BCUT2D eigenvalue weighted by molar-refractivity contribution is 5.81. The minimum Gasteiger partial charge on any atom is -0.399 e. The summed E-state index contributed by atoms with van der Waals surface area (Å²) >= 11 is 0. The Labute approximate surface area is 108 Å². The van der Waals surface area contributed by atoms with Gasteiger partial charge in [-0.15, -0.1) is 10.2 Å². The van der Waals surface area contributed by atoms with E-state index in [-0.39, 0.29) is 0 Å². The first-order valence-corrected chi connectivity index (χ1v) is 5.66. The summed E-state index contributed by atoms with van der Waals surface area (Å²) in [6.45, 7) is 1.84. The Balaban J connectivity index is 2.18. The fraction of sp³-hybridized carbons (Fsp3) is 0.0833. The van der Waals surface area contributed by atoms with Gasteiger partial charge in [-0.1, -0.05) is 6.07 Å². The summed E-state index contributed by atoms with van der Waals surface area (Å²) in [6.07, 6.45) is 3.52. The molecule has 19 heavy (non-hydrogen) atoms. The van der Waals surface area contributed by atoms with Crippen molar-refractivity contribution in [1.82, 2.24) is 30.6 Å². The molecule has 0 saturated heterocycles. The average molecular weight is 253 g/mol. The zero-order chi connectivity index (χ0) is 13.2. The van der Waals surface area contributed by atoms with Crippen LogP contribution in [0, 0.1) is 6.92 Å². The number of hydrogen-bond donors (Lipinski definition) is 2. The van der Waals surface area contributed by atoms with E-state index in [0.29, 0.717) is 11.5 Å². The van der Waals surface area contributed by atoms with Crippen LogP contribution in [0.3, 0.4) is 0 Å². The lowest BCUT2D eigenvalue weighted by atomic mass is 10.0. The molecule has 0 spiro atoms. The van der Waals surface area contributed by atoms with Gasteiger partial charge < -0.3 is 5.73 Å². The third-order valence-electron chi connectivity index (χ3n) is 2.72. The van der Waals surface area contributed by atoms with Gasteiger partial charge >= 0.3 is 0 Å². The third kappa shape index (κ3) is 2.13. The molecule has 0 atom stereocenters. The second-order valence-electron chi connectivity index (χ2n) is 4.06. The van der Waals surface area contributed by atoms with Gasteiger partial charge in [0.1, 0.15) is 5.82 Å². The predicted octanol–water partition coefficient (Wildman–Crippen LogP) is 1.21. The van der Waals surface area contributed by atoms with Crippen LogP contribution in [0.4, 0.5) is 5.69 Å². The van der Waals surface area contributed by atoms with Gasteiger partial charge in [0.25, 0.3) is 0 Å². The Kier molecular flexibility index (Phi) is 2.64. The summed E-state index contributed by atoms with van der Waals surface area (Å²) in [5.41, 5.74) is 9.04. The molecule has 0 unspecified atom stereocenters. The molecule has 3 aromatic rings. The van der Waals surface area contributed by atoms with Crippen LogP contribution in [0.2, 0.25) is 0 Å². The van der Waals surface area contributed by atoms with Crippen molar-refractivity contribution >= 4 is 5.69 Å². The third-order valence-corrected chi connectivity index (χ3v) is 2.72. The average Bonchev–Trinajstić information content (AvgIpc) is 2.94. The maximum Gasteiger partial charge on any atom is 0.205 e. The molecule has 0 bridgehead atoms. The number of aryl methyl sites for hydroxylation is 1. The van der Waals surface area contributed by atoms with E-state index in [9.17, 15) is 0 Å². The van der Waals surface area contributed by atoms with Crippen LogP contribution in [-0.4, -0.2) is 30.6 Å². The largest absolute Gasteiger partial charge is 0.399 e. The van der Waals surface area contributed by atoms with Crippen LogP contribution >= 0.6 is 0 Å². The number of rotatable bonds is 2. The summed E-state index contributed by atoms with van der Waals surface area (Å²) in [5.74, 6) is 1.21. The minimum absolute atomic E-state index is 0.489. The van der Waals surface area contributed by atoms with Crippen molar-refractivity contribution in [3.8, 4) is 22.5 Å². The van der Waals surface area contributed by atoms with E-state index in [2.05, 4.69) is 30.6 Å². The highest BCUT2D eigenvalue weighted by Gasteiger charge is 2.12. The number of benzene rings is 1. The number of hydrogen-bond acceptors (Lipinski definition) is 6. The Morgan fingerprint density at radius 3 is 2.58 bits per heavy atom. The highest BCUT2D eigenvalue weighted by Crippen LogP contribution is 2.30. The Morgan fingerprint density at radius 1 is 1.11 bits per heavy atom. The fourth-order valence-electron chi connectivity index (χ4n) is 1.81. The van der Waals surface area contributed by atoms with Crippen molar-refractivity contribution in [3.63, 3.8) is 0 Å². The number of anilines is 1. The number of aromatic amines is 1. The molecule has 0 radical (unpaired) electrons. The molecule has 0 fully saturated rings. The first kappa shape index (κ1) is 11.3. The minimum atomic E-state index is 0.489. The van der Waals surface area contributed by atoms with Gasteiger partial charge in [0.05, 0.1) is 0 Å². The quantitative estimate of drug-likeness (QED) is 0.665. The van der Waals surface area contributed by atoms with E-state index in [0.717, 1.165) is 22.5 Å². The number of nitrogen functional groups attached to an aromatic ring is 1. The van der Waals surface area contributed by atoms with Gasteiger partial charge in [-0.25, -0.2) is 9.97 Å². The van der Waals surface area contributed by atoms with Crippen LogP contribution in [0.5, 0.6) is 0 Å². The zero-order valence-electron chi connectivity index (χ0n) is 10.2. The molecule has 2 aromatic heterocycles. The number of aromatic nitrogens is 6. The van der Waals surface area contributed by atoms with Gasteiger partial charge in [0.2, 0.25) is 5.82 Å². The molecular weight excluding hydrogens is 242 g/mol. The smallest absolute Gasteiger partial charge is 0.205 e. The number of nitrogens with one attached hydrogen (secondary N) is 1. The second kappa shape index (κ2) is 4.45. The molecule has 94 valence electrons. The van der Waals surface area contributed by atoms with Crippen molar-refractivity contribution in [3.05, 3.63) is 36.4 Å². The summed E-state index contributed by atoms with van der Waals surface area (Å²) in [4.78, 5) is 8.39. The van der Waals surface area contributed by atoms with E-state index < -0.39 is 0 Å². The topological polar surface area (TPSA) is 106 Å². The standard InChI is InChI=1S/C12H11N7/c1-7-14-5-8(6-15-7)10-3-2-9(13)4-11(10)12-16-18-19-17-12/h2-6H,13H2,1H3,(H,16,17,18,19). The van der Waals surface area contributed by atoms with Crippen molar-refractivity contribution in [2.45, 2.75) is 6.92 Å². The molecule has 2 heterocycles. The van der Waals surface area contributed by atoms with Gasteiger partial charge in [0, 0.05) is 29.2 Å². The summed E-state index contributed by atoms with van der Waals surface area (Å²) in [7, 11) is 0. The molecule has 0 aliphatic carbocycles. The first-order valence-electron chi connectivity index (χ1n) is 5.66. The lowest BCUT2D eigenvalue weighted by Crippen LogP contribution is -1.93. The van der Waals surface area contributed by atoms with E-state index in [1.165, 1.54) is 0 Å². The van der Waals surface area contributed by atoms with Crippen LogP contribution in [0.15, 0.2) is 30.6 Å². The molecule has 0 aliphatic heterocycles. The molecule has 0 saturated carbocycles. The molecule has 7 nitrogen and oxygen atoms in total. The summed E-state index contributed by atoms with van der Waals surface area (Å²) in [5, 5.41) is 14.0. The Hall–Kier alpha value is -2.83. The Morgan fingerprint density at radius 2 is 1.89 bits per heavy atom. The molecule has 7 heteroatoms. The van der Waals surface area contributed by atoms with E-state index in [1.54, 1.807) is 18.5 Å². The van der Waals surface area contributed by atoms with Crippen molar-refractivity contribution in [2.75, 3.05) is 5.73 Å². The Bertz CT molecular complexity index is 689. The number of tetrazole rings is 1. The van der Waals surface area contributed by atoms with Crippen LogP contribution in [-0.2, 0) is 0 Å². The van der Waals surface area contributed by atoms with E-state index in [4.69, 9.17) is 5.73 Å². The van der Waals surface area contributed by atoms with Gasteiger partial charge in [-0.2, -0.15) is 5.21 Å². The number of nitrogens with two attached hydrogens (primary N) is 1. The molecule has 0 amide bonds. The SMILES string of the molecule is Cc1ncc(-c2ccc(N)cc2-c2nn[nH]n2)cn1. The monoisotopic (exact) mass is 253 g/mol. The number of H-pyrrole nitrogens is 1. The highest BCUT2D eigenvalue weighted by atomic mass is 15.5. The van der Waals surface area contributed by atoms with Crippen molar-refractivity contribution in [2.24, 2.45) is 0 Å². The molecule has 1 aromatic carbocycles.